The van der Waals surface area contributed by atoms with E-state index in [-0.39, 0.29) is 5.97 Å². The quantitative estimate of drug-likeness (QED) is 0.711. The van der Waals surface area contributed by atoms with Crippen molar-refractivity contribution in [2.24, 2.45) is 5.41 Å². The zero-order chi connectivity index (χ0) is 20.0. The molecule has 2 aromatic carbocycles. The third-order valence-corrected chi connectivity index (χ3v) is 4.67. The number of rotatable bonds is 5. The van der Waals surface area contributed by atoms with Crippen molar-refractivity contribution < 1.29 is 14.4 Å². The molecule has 0 spiro atoms. The van der Waals surface area contributed by atoms with Gasteiger partial charge in [0.05, 0.1) is 5.41 Å². The van der Waals surface area contributed by atoms with Gasteiger partial charge in [0.1, 0.15) is 12.4 Å². The molecule has 1 aliphatic rings. The van der Waals surface area contributed by atoms with E-state index in [1.165, 1.54) is 5.57 Å². The summed E-state index contributed by atoms with van der Waals surface area (Å²) in [4.78, 5) is 17.5. The van der Waals surface area contributed by atoms with Crippen LogP contribution < -0.4 is 4.74 Å². The Morgan fingerprint density at radius 2 is 1.75 bits per heavy atom. The number of ether oxygens (including phenoxy) is 1. The lowest BCUT2D eigenvalue weighted by atomic mass is 9.97. The first-order valence-corrected chi connectivity index (χ1v) is 9.84. The minimum atomic E-state index is -0.476. The molecule has 1 fully saturated rings. The van der Waals surface area contributed by atoms with Crippen molar-refractivity contribution in [3.8, 4) is 5.75 Å². The highest BCUT2D eigenvalue weighted by atomic mass is 16.7. The summed E-state index contributed by atoms with van der Waals surface area (Å²) in [5, 5.41) is 1.78. The van der Waals surface area contributed by atoms with Gasteiger partial charge in [-0.25, -0.2) is 4.79 Å². The SMILES string of the molecule is CC(C)(C)C(=O)ON1CCC(=Cc2cccc(OCc3ccccc3)c2)CC1. The Hall–Kier alpha value is -2.59. The van der Waals surface area contributed by atoms with E-state index in [4.69, 9.17) is 9.57 Å². The maximum absolute atomic E-state index is 12.0. The van der Waals surface area contributed by atoms with Gasteiger partial charge in [-0.05, 0) is 56.9 Å². The van der Waals surface area contributed by atoms with Crippen molar-refractivity contribution in [3.05, 3.63) is 71.3 Å². The summed E-state index contributed by atoms with van der Waals surface area (Å²) in [6.07, 6.45) is 4.01. The molecular weight excluding hydrogens is 350 g/mol. The first kappa shape index (κ1) is 20.2. The van der Waals surface area contributed by atoms with Crippen LogP contribution in [0.2, 0.25) is 0 Å². The zero-order valence-corrected chi connectivity index (χ0v) is 17.0. The lowest BCUT2D eigenvalue weighted by molar-refractivity contribution is -0.202. The van der Waals surface area contributed by atoms with Crippen LogP contribution >= 0.6 is 0 Å². The van der Waals surface area contributed by atoms with Gasteiger partial charge in [-0.1, -0.05) is 54.1 Å². The second kappa shape index (κ2) is 9.07. The van der Waals surface area contributed by atoms with E-state index in [1.807, 2.05) is 51.1 Å². The fraction of sp³-hybridized carbons (Fsp3) is 0.375. The van der Waals surface area contributed by atoms with Crippen LogP contribution in [-0.4, -0.2) is 24.1 Å². The van der Waals surface area contributed by atoms with E-state index in [9.17, 15) is 4.79 Å². The molecule has 0 bridgehead atoms. The average molecular weight is 380 g/mol. The van der Waals surface area contributed by atoms with Gasteiger partial charge in [0, 0.05) is 13.1 Å². The topological polar surface area (TPSA) is 38.8 Å². The van der Waals surface area contributed by atoms with Crippen LogP contribution in [0.15, 0.2) is 60.2 Å². The predicted molar refractivity (Wildman–Crippen MR) is 112 cm³/mol. The maximum atomic E-state index is 12.0. The summed E-state index contributed by atoms with van der Waals surface area (Å²) >= 11 is 0. The summed E-state index contributed by atoms with van der Waals surface area (Å²) in [6, 6.07) is 18.3. The highest BCUT2D eigenvalue weighted by Gasteiger charge is 2.27. The first-order chi connectivity index (χ1) is 13.4. The van der Waals surface area contributed by atoms with Gasteiger partial charge in [-0.15, -0.1) is 5.06 Å². The molecule has 28 heavy (non-hydrogen) atoms. The van der Waals surface area contributed by atoms with Crippen molar-refractivity contribution >= 4 is 12.0 Å². The smallest absolute Gasteiger partial charge is 0.330 e. The van der Waals surface area contributed by atoms with Crippen molar-refractivity contribution in [2.45, 2.75) is 40.2 Å². The van der Waals surface area contributed by atoms with Gasteiger partial charge < -0.3 is 9.57 Å². The van der Waals surface area contributed by atoms with Crippen molar-refractivity contribution in [3.63, 3.8) is 0 Å². The molecule has 3 rings (SSSR count). The lowest BCUT2D eigenvalue weighted by Gasteiger charge is -2.29. The molecule has 0 aromatic heterocycles. The summed E-state index contributed by atoms with van der Waals surface area (Å²) in [5.41, 5.74) is 3.18. The maximum Gasteiger partial charge on any atom is 0.330 e. The number of hydrogen-bond acceptors (Lipinski definition) is 4. The zero-order valence-electron chi connectivity index (χ0n) is 17.0. The Bertz CT molecular complexity index is 811. The van der Waals surface area contributed by atoms with Gasteiger partial charge >= 0.3 is 5.97 Å². The fourth-order valence-corrected chi connectivity index (χ4v) is 2.93. The largest absolute Gasteiger partial charge is 0.489 e. The second-order valence-corrected chi connectivity index (χ2v) is 8.21. The van der Waals surface area contributed by atoms with E-state index in [1.54, 1.807) is 5.06 Å². The molecule has 2 aromatic rings. The summed E-state index contributed by atoms with van der Waals surface area (Å²) in [7, 11) is 0. The molecule has 0 N–H and O–H groups in total. The molecule has 0 saturated carbocycles. The molecule has 0 atom stereocenters. The van der Waals surface area contributed by atoms with Crippen LogP contribution in [0.4, 0.5) is 0 Å². The standard InChI is InChI=1S/C24H29NO3/c1-24(2,3)23(26)28-25-14-12-19(13-15-25)16-21-10-7-11-22(17-21)27-18-20-8-5-4-6-9-20/h4-11,16-17H,12-15,18H2,1-3H3. The Morgan fingerprint density at radius 1 is 1.04 bits per heavy atom. The van der Waals surface area contributed by atoms with E-state index >= 15 is 0 Å². The highest BCUT2D eigenvalue weighted by Crippen LogP contribution is 2.24. The lowest BCUT2D eigenvalue weighted by Crippen LogP contribution is -2.37. The molecule has 0 amide bonds. The Kier molecular flexibility index (Phi) is 6.53. The minimum absolute atomic E-state index is 0.178. The van der Waals surface area contributed by atoms with Gasteiger partial charge in [-0.3, -0.25) is 0 Å². The predicted octanol–water partition coefficient (Wildman–Crippen LogP) is 5.25. The van der Waals surface area contributed by atoms with Crippen LogP contribution in [-0.2, 0) is 16.2 Å². The molecule has 0 radical (unpaired) electrons. The average Bonchev–Trinajstić information content (AvgIpc) is 2.68. The third-order valence-electron chi connectivity index (χ3n) is 4.67. The molecular formula is C24H29NO3. The molecule has 0 aliphatic carbocycles. The molecule has 1 heterocycles. The van der Waals surface area contributed by atoms with Crippen LogP contribution in [0.25, 0.3) is 6.08 Å². The van der Waals surface area contributed by atoms with Crippen molar-refractivity contribution in [1.82, 2.24) is 5.06 Å². The van der Waals surface area contributed by atoms with Gasteiger partial charge in [-0.2, -0.15) is 0 Å². The second-order valence-electron chi connectivity index (χ2n) is 8.21. The Morgan fingerprint density at radius 3 is 2.43 bits per heavy atom. The minimum Gasteiger partial charge on any atom is -0.489 e. The third kappa shape index (κ3) is 5.96. The van der Waals surface area contributed by atoms with Gasteiger partial charge in [0.25, 0.3) is 0 Å². The number of piperidine rings is 1. The van der Waals surface area contributed by atoms with Crippen molar-refractivity contribution in [2.75, 3.05) is 13.1 Å². The number of carbonyl (C=O) groups excluding carboxylic acids is 1. The number of nitrogens with zero attached hydrogens (tertiary/aromatic N) is 1. The molecule has 4 heteroatoms. The van der Waals surface area contributed by atoms with E-state index < -0.39 is 5.41 Å². The fourth-order valence-electron chi connectivity index (χ4n) is 2.93. The monoisotopic (exact) mass is 379 g/mol. The number of carbonyl (C=O) groups is 1. The summed E-state index contributed by atoms with van der Waals surface area (Å²) in [6.45, 7) is 7.65. The first-order valence-electron chi connectivity index (χ1n) is 9.84. The molecule has 1 saturated heterocycles. The van der Waals surface area contributed by atoms with Gasteiger partial charge in [0.15, 0.2) is 0 Å². The molecule has 4 nitrogen and oxygen atoms in total. The molecule has 1 aliphatic heterocycles. The number of hydrogen-bond donors (Lipinski definition) is 0. The van der Waals surface area contributed by atoms with E-state index in [2.05, 4.69) is 30.3 Å². The Balaban J connectivity index is 1.54. The normalized spacial score (nSPS) is 15.2. The molecule has 148 valence electrons. The van der Waals surface area contributed by atoms with Crippen LogP contribution in [0, 0.1) is 5.41 Å². The van der Waals surface area contributed by atoms with Crippen LogP contribution in [0.1, 0.15) is 44.7 Å². The van der Waals surface area contributed by atoms with Crippen LogP contribution in [0.3, 0.4) is 0 Å². The van der Waals surface area contributed by atoms with E-state index in [0.717, 1.165) is 42.8 Å². The van der Waals surface area contributed by atoms with Gasteiger partial charge in [0.2, 0.25) is 0 Å². The summed E-state index contributed by atoms with van der Waals surface area (Å²) in [5.74, 6) is 0.693. The van der Waals surface area contributed by atoms with Crippen LogP contribution in [0.5, 0.6) is 5.75 Å². The number of benzene rings is 2. The molecule has 0 unspecified atom stereocenters. The highest BCUT2D eigenvalue weighted by molar-refractivity contribution is 5.75. The van der Waals surface area contributed by atoms with Crippen molar-refractivity contribution in [1.29, 1.82) is 0 Å². The summed E-state index contributed by atoms with van der Waals surface area (Å²) < 4.78 is 5.92. The number of hydroxylamine groups is 2. The van der Waals surface area contributed by atoms with E-state index in [0.29, 0.717) is 6.61 Å². The Labute approximate surface area is 167 Å².